The van der Waals surface area contributed by atoms with E-state index < -0.39 is 124 Å². The van der Waals surface area contributed by atoms with E-state index in [2.05, 4.69) is 31.3 Å². The number of unbranched alkanes of at least 4 members (excludes halogenated alkanes) is 40. The summed E-state index contributed by atoms with van der Waals surface area (Å²) >= 11 is 0. The molecule has 19 heteroatoms. The standard InChI is InChI=1S/C71H135NO18/c1-3-5-7-9-11-13-15-17-19-21-22-23-24-25-26-27-28-29-30-31-32-33-35-37-39-41-43-45-47-49-59(77)72-54(55(76)48-46-44-42-40-38-36-34-20-18-16-14-12-10-8-6-4-2)53-85-69-65(83)62(80)67(57(51-74)87-69)90-71-66(84)63(81)68(58(52-75)88-71)89-70-64(82)61(79)60(78)56(50-73)86-70/h21-22,54-58,60-71,73-76,78-84H,3-20,23-53H2,1-2H3,(H,72,77)/b22-21-. The van der Waals surface area contributed by atoms with E-state index in [-0.39, 0.29) is 18.9 Å². The first-order valence-electron chi connectivity index (χ1n) is 36.9. The van der Waals surface area contributed by atoms with Gasteiger partial charge in [0, 0.05) is 6.42 Å². The second-order valence-corrected chi connectivity index (χ2v) is 26.8. The molecule has 0 aromatic heterocycles. The quantitative estimate of drug-likeness (QED) is 0.0199. The Morgan fingerprint density at radius 2 is 0.700 bits per heavy atom. The molecule has 12 N–H and O–H groups in total. The van der Waals surface area contributed by atoms with Crippen LogP contribution < -0.4 is 5.32 Å². The molecule has 0 bridgehead atoms. The number of allylic oxidation sites excluding steroid dienone is 2. The molecule has 0 aromatic carbocycles. The van der Waals surface area contributed by atoms with Crippen molar-refractivity contribution >= 4 is 5.91 Å². The third-order valence-electron chi connectivity index (χ3n) is 18.8. The Morgan fingerprint density at radius 1 is 0.389 bits per heavy atom. The number of carbonyl (C=O) groups excluding carboxylic acids is 1. The molecule has 3 aliphatic rings. The van der Waals surface area contributed by atoms with Crippen LogP contribution in [0.4, 0.5) is 0 Å². The van der Waals surface area contributed by atoms with Crippen LogP contribution in [0.1, 0.15) is 303 Å². The normalized spacial score (nSPS) is 28.0. The third-order valence-corrected chi connectivity index (χ3v) is 18.8. The van der Waals surface area contributed by atoms with Crippen molar-refractivity contribution in [1.82, 2.24) is 5.32 Å². The molecule has 0 aromatic rings. The summed E-state index contributed by atoms with van der Waals surface area (Å²) in [5.41, 5.74) is 0. The van der Waals surface area contributed by atoms with Crippen LogP contribution in [0.5, 0.6) is 0 Å². The average molecular weight is 1290 g/mol. The molecule has 0 aliphatic carbocycles. The highest BCUT2D eigenvalue weighted by molar-refractivity contribution is 5.76. The van der Waals surface area contributed by atoms with Gasteiger partial charge in [0.1, 0.15) is 73.2 Å². The van der Waals surface area contributed by atoms with Crippen LogP contribution in [0, 0.1) is 0 Å². The van der Waals surface area contributed by atoms with E-state index in [1.165, 1.54) is 225 Å². The molecular weight excluding hydrogens is 1150 g/mol. The van der Waals surface area contributed by atoms with E-state index in [9.17, 15) is 61.0 Å². The molecule has 19 nitrogen and oxygen atoms in total. The van der Waals surface area contributed by atoms with Crippen molar-refractivity contribution in [2.24, 2.45) is 0 Å². The summed E-state index contributed by atoms with van der Waals surface area (Å²) in [5.74, 6) is -0.237. The zero-order chi connectivity index (χ0) is 65.4. The van der Waals surface area contributed by atoms with E-state index in [1.54, 1.807) is 0 Å². The Morgan fingerprint density at radius 3 is 1.08 bits per heavy atom. The number of ether oxygens (including phenoxy) is 6. The van der Waals surface area contributed by atoms with Gasteiger partial charge in [-0.15, -0.1) is 0 Å². The Labute approximate surface area is 544 Å². The number of aliphatic hydroxyl groups is 11. The van der Waals surface area contributed by atoms with Gasteiger partial charge in [0.2, 0.25) is 5.91 Å². The topological polar surface area (TPSA) is 307 Å². The van der Waals surface area contributed by atoms with Crippen LogP contribution in [0.15, 0.2) is 12.2 Å². The maximum atomic E-state index is 13.4. The van der Waals surface area contributed by atoms with Crippen molar-refractivity contribution in [3.05, 3.63) is 12.2 Å². The van der Waals surface area contributed by atoms with Gasteiger partial charge in [0.25, 0.3) is 0 Å². The number of rotatable bonds is 58. The first-order chi connectivity index (χ1) is 43.8. The van der Waals surface area contributed by atoms with Gasteiger partial charge in [-0.3, -0.25) is 4.79 Å². The van der Waals surface area contributed by atoms with Gasteiger partial charge < -0.3 is 89.9 Å². The zero-order valence-electron chi connectivity index (χ0n) is 56.4. The van der Waals surface area contributed by atoms with E-state index in [0.717, 1.165) is 44.9 Å². The van der Waals surface area contributed by atoms with E-state index in [1.807, 2.05) is 0 Å². The highest BCUT2D eigenvalue weighted by Crippen LogP contribution is 2.33. The second-order valence-electron chi connectivity index (χ2n) is 26.8. The summed E-state index contributed by atoms with van der Waals surface area (Å²) in [4.78, 5) is 13.4. The van der Waals surface area contributed by atoms with Crippen molar-refractivity contribution in [1.29, 1.82) is 0 Å². The van der Waals surface area contributed by atoms with Gasteiger partial charge in [-0.2, -0.15) is 0 Å². The van der Waals surface area contributed by atoms with E-state index in [0.29, 0.717) is 12.8 Å². The maximum absolute atomic E-state index is 13.4. The van der Waals surface area contributed by atoms with Crippen LogP contribution >= 0.6 is 0 Å². The molecule has 0 spiro atoms. The van der Waals surface area contributed by atoms with Gasteiger partial charge in [-0.05, 0) is 38.5 Å². The summed E-state index contributed by atoms with van der Waals surface area (Å²) in [5, 5.41) is 121. The molecule has 17 atom stereocenters. The van der Waals surface area contributed by atoms with Crippen molar-refractivity contribution in [2.75, 3.05) is 26.4 Å². The summed E-state index contributed by atoms with van der Waals surface area (Å²) < 4.78 is 34.4. The van der Waals surface area contributed by atoms with Crippen LogP contribution in [0.3, 0.4) is 0 Å². The monoisotopic (exact) mass is 1290 g/mol. The summed E-state index contributed by atoms with van der Waals surface area (Å²) in [6.45, 7) is 1.84. The summed E-state index contributed by atoms with van der Waals surface area (Å²) in [7, 11) is 0. The minimum absolute atomic E-state index is 0.237. The first kappa shape index (κ1) is 82.8. The van der Waals surface area contributed by atoms with Gasteiger partial charge in [0.15, 0.2) is 18.9 Å². The lowest BCUT2D eigenvalue weighted by Crippen LogP contribution is -2.66. The number of hydrogen-bond acceptors (Lipinski definition) is 18. The lowest BCUT2D eigenvalue weighted by Gasteiger charge is -2.48. The van der Waals surface area contributed by atoms with E-state index >= 15 is 0 Å². The lowest BCUT2D eigenvalue weighted by molar-refractivity contribution is -0.379. The number of nitrogens with one attached hydrogen (secondary N) is 1. The molecular formula is C71H135NO18. The SMILES string of the molecule is CCCCCCCCCC/C=C\CCCCCCCCCCCCCCCCCCCC(=O)NC(COC1OC(CO)C(OC2OC(CO)C(OC3OC(CO)C(O)C(O)C3O)C(O)C2O)C(O)C1O)C(O)CCCCCCCCCCCCCCCCCC. The fourth-order valence-electron chi connectivity index (χ4n) is 12.8. The largest absolute Gasteiger partial charge is 0.394 e. The molecule has 3 fully saturated rings. The highest BCUT2D eigenvalue weighted by atomic mass is 16.8. The minimum atomic E-state index is -1.97. The van der Waals surface area contributed by atoms with E-state index in [4.69, 9.17) is 28.4 Å². The molecule has 17 unspecified atom stereocenters. The predicted octanol–water partition coefficient (Wildman–Crippen LogP) is 10.4. The Hall–Kier alpha value is -1.47. The lowest BCUT2D eigenvalue weighted by atomic mass is 9.96. The van der Waals surface area contributed by atoms with Crippen molar-refractivity contribution in [2.45, 2.75) is 407 Å². The van der Waals surface area contributed by atoms with Crippen LogP contribution in [0.25, 0.3) is 0 Å². The molecule has 3 rings (SSSR count). The van der Waals surface area contributed by atoms with Gasteiger partial charge in [0.05, 0.1) is 38.6 Å². The van der Waals surface area contributed by atoms with Gasteiger partial charge >= 0.3 is 0 Å². The zero-order valence-corrected chi connectivity index (χ0v) is 56.4. The molecule has 0 saturated carbocycles. The fraction of sp³-hybridized carbons (Fsp3) is 0.958. The molecule has 3 heterocycles. The number of aliphatic hydroxyl groups excluding tert-OH is 11. The van der Waals surface area contributed by atoms with Crippen LogP contribution in [0.2, 0.25) is 0 Å². The van der Waals surface area contributed by atoms with Crippen LogP contribution in [-0.4, -0.2) is 193 Å². The molecule has 90 heavy (non-hydrogen) atoms. The molecule has 0 radical (unpaired) electrons. The van der Waals surface area contributed by atoms with Gasteiger partial charge in [-0.25, -0.2) is 0 Å². The summed E-state index contributed by atoms with van der Waals surface area (Å²) in [6, 6.07) is -0.883. The number of carbonyl (C=O) groups is 1. The van der Waals surface area contributed by atoms with Crippen molar-refractivity contribution in [3.8, 4) is 0 Å². The fourth-order valence-corrected chi connectivity index (χ4v) is 12.8. The highest BCUT2D eigenvalue weighted by Gasteiger charge is 2.53. The van der Waals surface area contributed by atoms with Crippen molar-refractivity contribution in [3.63, 3.8) is 0 Å². The number of hydrogen-bond donors (Lipinski definition) is 12. The van der Waals surface area contributed by atoms with Crippen molar-refractivity contribution < 1.29 is 89.4 Å². The number of amides is 1. The smallest absolute Gasteiger partial charge is 0.220 e. The summed E-state index contributed by atoms with van der Waals surface area (Å²) in [6.07, 6.45) is 33.0. The first-order valence-corrected chi connectivity index (χ1v) is 36.9. The van der Waals surface area contributed by atoms with Crippen LogP contribution in [-0.2, 0) is 33.2 Å². The molecule has 3 saturated heterocycles. The molecule has 532 valence electrons. The Bertz CT molecular complexity index is 1680. The third kappa shape index (κ3) is 35.0. The second kappa shape index (κ2) is 53.6. The Balaban J connectivity index is 1.37. The molecule has 3 aliphatic heterocycles. The van der Waals surface area contributed by atoms with Gasteiger partial charge in [-0.1, -0.05) is 270 Å². The Kier molecular flexibility index (Phi) is 49.3. The maximum Gasteiger partial charge on any atom is 0.220 e. The molecule has 1 amide bonds. The average Bonchev–Trinajstić information content (AvgIpc) is 1.05. The minimum Gasteiger partial charge on any atom is -0.394 e. The predicted molar refractivity (Wildman–Crippen MR) is 351 cm³/mol.